The molecule has 0 aliphatic carbocycles. The molecular weight excluding hydrogens is 773 g/mol. The maximum absolute atomic E-state index is 2.44. The van der Waals surface area contributed by atoms with Gasteiger partial charge in [-0.05, 0) is 127 Å². The van der Waals surface area contributed by atoms with Gasteiger partial charge in [-0.3, -0.25) is 0 Å². The van der Waals surface area contributed by atoms with Gasteiger partial charge in [0.1, 0.15) is 0 Å². The number of aromatic nitrogens is 1. The molecule has 300 valence electrons. The van der Waals surface area contributed by atoms with E-state index >= 15 is 0 Å². The minimum atomic E-state index is 1.08. The van der Waals surface area contributed by atoms with Crippen molar-refractivity contribution in [3.05, 3.63) is 255 Å². The highest BCUT2D eigenvalue weighted by molar-refractivity contribution is 6.24. The monoisotopic (exact) mass is 814 g/mol. The molecule has 0 saturated carbocycles. The molecule has 0 fully saturated rings. The second-order valence-electron chi connectivity index (χ2n) is 16.4. The Hall–Kier alpha value is -8.46. The topological polar surface area (TPSA) is 8.17 Å². The number of hydrogen-bond acceptors (Lipinski definition) is 1. The molecule has 2 heteroatoms. The zero-order valence-electron chi connectivity index (χ0n) is 35.1. The van der Waals surface area contributed by atoms with Crippen molar-refractivity contribution in [2.75, 3.05) is 4.90 Å². The Balaban J connectivity index is 1.17. The van der Waals surface area contributed by atoms with Crippen LogP contribution in [-0.4, -0.2) is 4.57 Å². The molecule has 0 atom stereocenters. The van der Waals surface area contributed by atoms with Crippen LogP contribution in [0.15, 0.2) is 255 Å². The molecule has 0 amide bonds. The minimum absolute atomic E-state index is 1.08. The summed E-state index contributed by atoms with van der Waals surface area (Å²) >= 11 is 0. The van der Waals surface area contributed by atoms with Crippen LogP contribution >= 0.6 is 0 Å². The number of anilines is 3. The zero-order valence-corrected chi connectivity index (χ0v) is 35.1. The van der Waals surface area contributed by atoms with E-state index in [0.717, 1.165) is 22.7 Å². The van der Waals surface area contributed by atoms with Crippen LogP contribution in [0.25, 0.3) is 93.5 Å². The Morgan fingerprint density at radius 2 is 0.656 bits per heavy atom. The van der Waals surface area contributed by atoms with E-state index in [1.807, 2.05) is 0 Å². The van der Waals surface area contributed by atoms with Crippen molar-refractivity contribution >= 4 is 60.4 Å². The average molecular weight is 815 g/mol. The SMILES string of the molecule is c1ccc(-c2ccccc2-c2c3ccccc3c(-c3ccccc3-c3ccccc3)c3cc(N(c4ccccc4)c4ccc5c(c4)c4ccccc4n5-c4ccccc4)ccc23)cc1. The zero-order chi connectivity index (χ0) is 42.4. The van der Waals surface area contributed by atoms with Crippen molar-refractivity contribution in [1.29, 1.82) is 0 Å². The van der Waals surface area contributed by atoms with Crippen LogP contribution in [0.2, 0.25) is 0 Å². The van der Waals surface area contributed by atoms with Crippen molar-refractivity contribution in [2.45, 2.75) is 0 Å². The summed E-state index contributed by atoms with van der Waals surface area (Å²) in [4.78, 5) is 2.42. The maximum Gasteiger partial charge on any atom is 0.0542 e. The van der Waals surface area contributed by atoms with Crippen LogP contribution in [0.3, 0.4) is 0 Å². The lowest BCUT2D eigenvalue weighted by Gasteiger charge is -2.27. The van der Waals surface area contributed by atoms with Crippen molar-refractivity contribution in [3.63, 3.8) is 0 Å². The van der Waals surface area contributed by atoms with E-state index in [0.29, 0.717) is 0 Å². The number of fused-ring (bicyclic) bond motifs is 5. The molecule has 0 bridgehead atoms. The van der Waals surface area contributed by atoms with Gasteiger partial charge in [0.15, 0.2) is 0 Å². The normalized spacial score (nSPS) is 11.4. The van der Waals surface area contributed by atoms with Crippen LogP contribution in [0, 0.1) is 0 Å². The van der Waals surface area contributed by atoms with Crippen molar-refractivity contribution < 1.29 is 0 Å². The van der Waals surface area contributed by atoms with Gasteiger partial charge >= 0.3 is 0 Å². The van der Waals surface area contributed by atoms with E-state index in [1.54, 1.807) is 0 Å². The van der Waals surface area contributed by atoms with Gasteiger partial charge in [0.25, 0.3) is 0 Å². The summed E-state index contributed by atoms with van der Waals surface area (Å²) in [5.74, 6) is 0. The first-order chi connectivity index (χ1) is 31.8. The number of hydrogen-bond donors (Lipinski definition) is 0. The fourth-order valence-corrected chi connectivity index (χ4v) is 10.0. The molecule has 2 nitrogen and oxygen atoms in total. The van der Waals surface area contributed by atoms with Crippen LogP contribution in [0.5, 0.6) is 0 Å². The Kier molecular flexibility index (Phi) is 9.20. The van der Waals surface area contributed by atoms with E-state index in [2.05, 4.69) is 264 Å². The second-order valence-corrected chi connectivity index (χ2v) is 16.4. The Morgan fingerprint density at radius 3 is 1.25 bits per heavy atom. The molecule has 11 aromatic carbocycles. The van der Waals surface area contributed by atoms with E-state index in [-0.39, 0.29) is 0 Å². The lowest BCUT2D eigenvalue weighted by atomic mass is 9.82. The summed E-state index contributed by atoms with van der Waals surface area (Å²) in [6.45, 7) is 0. The molecule has 12 rings (SSSR count). The summed E-state index contributed by atoms with van der Waals surface area (Å²) in [5.41, 5.74) is 16.5. The molecular formula is C62H42N2. The molecule has 0 aliphatic heterocycles. The third-order valence-electron chi connectivity index (χ3n) is 12.8. The fourth-order valence-electron chi connectivity index (χ4n) is 10.0. The molecule has 1 aromatic heterocycles. The minimum Gasteiger partial charge on any atom is -0.310 e. The summed E-state index contributed by atoms with van der Waals surface area (Å²) < 4.78 is 2.38. The first-order valence-electron chi connectivity index (χ1n) is 22.0. The molecule has 0 N–H and O–H groups in total. The quantitative estimate of drug-likeness (QED) is 0.139. The van der Waals surface area contributed by atoms with Crippen molar-refractivity contribution in [1.82, 2.24) is 4.57 Å². The molecule has 0 spiro atoms. The standard InChI is InChI=1S/C62H42N2/c1-5-21-43(22-6-1)49-29-13-15-32-52(49)61-54-34-17-18-35-55(54)62(53-33-16-14-30-50(53)44-23-7-2-8-24-44)58-42-47(37-39-56(58)61)63(45-25-9-3-10-26-45)48-38-40-60-57(41-48)51-31-19-20-36-59(51)64(60)46-27-11-4-12-28-46/h1-42H. The van der Waals surface area contributed by atoms with Gasteiger partial charge < -0.3 is 9.47 Å². The number of benzene rings is 11. The summed E-state index contributed by atoms with van der Waals surface area (Å²) in [6.07, 6.45) is 0. The number of nitrogens with zero attached hydrogens (tertiary/aromatic N) is 2. The first-order valence-corrected chi connectivity index (χ1v) is 22.0. The van der Waals surface area contributed by atoms with Crippen LogP contribution in [-0.2, 0) is 0 Å². The highest BCUT2D eigenvalue weighted by Gasteiger charge is 2.23. The first kappa shape index (κ1) is 37.3. The van der Waals surface area contributed by atoms with E-state index < -0.39 is 0 Å². The van der Waals surface area contributed by atoms with Crippen molar-refractivity contribution in [3.8, 4) is 50.2 Å². The predicted octanol–water partition coefficient (Wildman–Crippen LogP) is 17.2. The molecule has 12 aromatic rings. The highest BCUT2D eigenvalue weighted by atomic mass is 15.1. The molecule has 0 radical (unpaired) electrons. The number of para-hydroxylation sites is 3. The Labute approximate surface area is 373 Å². The van der Waals surface area contributed by atoms with Gasteiger partial charge in [-0.2, -0.15) is 0 Å². The second kappa shape index (κ2) is 15.8. The van der Waals surface area contributed by atoms with E-state index in [1.165, 1.54) is 87.9 Å². The highest BCUT2D eigenvalue weighted by Crippen LogP contribution is 2.50. The van der Waals surface area contributed by atoms with Gasteiger partial charge in [0, 0.05) is 33.5 Å². The lowest BCUT2D eigenvalue weighted by Crippen LogP contribution is -2.10. The summed E-state index contributed by atoms with van der Waals surface area (Å²) in [5, 5.41) is 7.28. The van der Waals surface area contributed by atoms with Crippen molar-refractivity contribution in [2.24, 2.45) is 0 Å². The number of rotatable bonds is 8. The fraction of sp³-hybridized carbons (Fsp3) is 0. The van der Waals surface area contributed by atoms with Crippen LogP contribution in [0.1, 0.15) is 0 Å². The predicted molar refractivity (Wildman–Crippen MR) is 272 cm³/mol. The third kappa shape index (κ3) is 6.27. The molecule has 64 heavy (non-hydrogen) atoms. The third-order valence-corrected chi connectivity index (χ3v) is 12.8. The summed E-state index contributed by atoms with van der Waals surface area (Å²) in [7, 11) is 0. The molecule has 1 heterocycles. The van der Waals surface area contributed by atoms with Gasteiger partial charge in [-0.1, -0.05) is 194 Å². The lowest BCUT2D eigenvalue weighted by molar-refractivity contribution is 1.18. The van der Waals surface area contributed by atoms with E-state index in [4.69, 9.17) is 0 Å². The molecule has 0 saturated heterocycles. The largest absolute Gasteiger partial charge is 0.310 e. The maximum atomic E-state index is 2.44. The smallest absolute Gasteiger partial charge is 0.0542 e. The Morgan fingerprint density at radius 1 is 0.250 bits per heavy atom. The molecule has 0 unspecified atom stereocenters. The molecule has 0 aliphatic rings. The van der Waals surface area contributed by atoms with Gasteiger partial charge in [0.05, 0.1) is 11.0 Å². The van der Waals surface area contributed by atoms with Gasteiger partial charge in [0.2, 0.25) is 0 Å². The van der Waals surface area contributed by atoms with Gasteiger partial charge in [-0.25, -0.2) is 0 Å². The summed E-state index contributed by atoms with van der Waals surface area (Å²) in [6, 6.07) is 92.8. The van der Waals surface area contributed by atoms with E-state index in [9.17, 15) is 0 Å². The average Bonchev–Trinajstić information content (AvgIpc) is 3.70. The Bertz CT molecular complexity index is 3650. The van der Waals surface area contributed by atoms with Crippen LogP contribution in [0.4, 0.5) is 17.1 Å². The van der Waals surface area contributed by atoms with Gasteiger partial charge in [-0.15, -0.1) is 0 Å². The van der Waals surface area contributed by atoms with Crippen LogP contribution < -0.4 is 4.90 Å².